The number of halogens is 2. The third kappa shape index (κ3) is 4.62. The van der Waals surface area contributed by atoms with Crippen LogP contribution in [0, 0.1) is 11.6 Å². The van der Waals surface area contributed by atoms with Gasteiger partial charge in [0.05, 0.1) is 0 Å². The number of carbonyl (C=O) groups is 1. The molecule has 1 rings (SSSR count). The summed E-state index contributed by atoms with van der Waals surface area (Å²) in [6.07, 6.45) is 0. The van der Waals surface area contributed by atoms with E-state index < -0.39 is 23.6 Å². The van der Waals surface area contributed by atoms with Gasteiger partial charge in [0.15, 0.2) is 11.6 Å². The molecule has 1 unspecified atom stereocenters. The minimum Gasteiger partial charge on any atom is -0.480 e. The summed E-state index contributed by atoms with van der Waals surface area (Å²) < 4.78 is 25.7. The van der Waals surface area contributed by atoms with Crippen LogP contribution in [0.5, 0.6) is 0 Å². The minimum atomic E-state index is -0.959. The lowest BCUT2D eigenvalue weighted by atomic mass is 10.3. The van der Waals surface area contributed by atoms with Crippen LogP contribution in [0.25, 0.3) is 0 Å². The van der Waals surface area contributed by atoms with Crippen molar-refractivity contribution in [1.29, 1.82) is 0 Å². The Kier molecular flexibility index (Phi) is 5.55. The molecule has 100 valence electrons. The number of hydrogen-bond acceptors (Lipinski definition) is 3. The van der Waals surface area contributed by atoms with Crippen LogP contribution < -0.4 is 5.32 Å². The van der Waals surface area contributed by atoms with Gasteiger partial charge in [-0.2, -0.15) is 0 Å². The van der Waals surface area contributed by atoms with Gasteiger partial charge >= 0.3 is 5.97 Å². The highest BCUT2D eigenvalue weighted by Crippen LogP contribution is 2.21. The number of nitrogens with one attached hydrogen (secondary N) is 1. The van der Waals surface area contributed by atoms with Gasteiger partial charge in [-0.15, -0.1) is 11.8 Å². The van der Waals surface area contributed by atoms with Crippen molar-refractivity contribution < 1.29 is 18.7 Å². The highest BCUT2D eigenvalue weighted by molar-refractivity contribution is 7.99. The normalized spacial score (nSPS) is 12.7. The van der Waals surface area contributed by atoms with Crippen molar-refractivity contribution in [2.75, 3.05) is 5.75 Å². The van der Waals surface area contributed by atoms with E-state index in [0.717, 1.165) is 12.1 Å². The molecule has 0 fully saturated rings. The van der Waals surface area contributed by atoms with E-state index in [0.29, 0.717) is 4.90 Å². The smallest absolute Gasteiger partial charge is 0.321 e. The first-order chi connectivity index (χ1) is 8.40. The number of carboxylic acid groups (broad SMARTS) is 1. The molecule has 0 radical (unpaired) electrons. The zero-order valence-corrected chi connectivity index (χ0v) is 10.9. The molecule has 3 nitrogen and oxygen atoms in total. The zero-order valence-electron chi connectivity index (χ0n) is 10.1. The fraction of sp³-hybridized carbons (Fsp3) is 0.417. The molecule has 0 aliphatic heterocycles. The van der Waals surface area contributed by atoms with Gasteiger partial charge in [0.1, 0.15) is 6.04 Å². The Morgan fingerprint density at radius 2 is 2.06 bits per heavy atom. The number of aliphatic carboxylic acids is 1. The summed E-state index contributed by atoms with van der Waals surface area (Å²) >= 11 is 1.17. The van der Waals surface area contributed by atoms with Gasteiger partial charge < -0.3 is 10.4 Å². The van der Waals surface area contributed by atoms with Gasteiger partial charge in [-0.3, -0.25) is 4.79 Å². The fourth-order valence-electron chi connectivity index (χ4n) is 1.34. The second-order valence-corrected chi connectivity index (χ2v) is 5.19. The van der Waals surface area contributed by atoms with Crippen LogP contribution in [-0.4, -0.2) is 28.9 Å². The van der Waals surface area contributed by atoms with E-state index in [1.54, 1.807) is 0 Å². The molecule has 0 aliphatic carbocycles. The van der Waals surface area contributed by atoms with E-state index in [1.807, 2.05) is 13.8 Å². The third-order valence-corrected chi connectivity index (χ3v) is 3.23. The largest absolute Gasteiger partial charge is 0.480 e. The average molecular weight is 275 g/mol. The first-order valence-corrected chi connectivity index (χ1v) is 6.45. The monoisotopic (exact) mass is 275 g/mol. The molecule has 2 N–H and O–H groups in total. The molecule has 0 saturated carbocycles. The molecule has 1 aromatic carbocycles. The number of carboxylic acids is 1. The van der Waals surface area contributed by atoms with Gasteiger partial charge in [0.2, 0.25) is 0 Å². The molecule has 0 saturated heterocycles. The molecule has 0 spiro atoms. The Balaban J connectivity index is 2.61. The third-order valence-electron chi connectivity index (χ3n) is 2.14. The SMILES string of the molecule is CC(C)NC(CSc1ccc(F)c(F)c1)C(=O)O. The van der Waals surface area contributed by atoms with Crippen LogP contribution >= 0.6 is 11.8 Å². The maximum Gasteiger partial charge on any atom is 0.321 e. The maximum absolute atomic E-state index is 13.0. The molecule has 18 heavy (non-hydrogen) atoms. The Morgan fingerprint density at radius 1 is 1.39 bits per heavy atom. The number of benzene rings is 1. The highest BCUT2D eigenvalue weighted by Gasteiger charge is 2.18. The zero-order chi connectivity index (χ0) is 13.7. The Hall–Kier alpha value is -1.14. The van der Waals surface area contributed by atoms with Gasteiger partial charge in [-0.05, 0) is 18.2 Å². The topological polar surface area (TPSA) is 49.3 Å². The van der Waals surface area contributed by atoms with E-state index in [1.165, 1.54) is 17.8 Å². The van der Waals surface area contributed by atoms with Gasteiger partial charge in [-0.25, -0.2) is 8.78 Å². The highest BCUT2D eigenvalue weighted by atomic mass is 32.2. The predicted octanol–water partition coefficient (Wildman–Crippen LogP) is 2.51. The lowest BCUT2D eigenvalue weighted by molar-refractivity contribution is -0.139. The van der Waals surface area contributed by atoms with Gasteiger partial charge in [0, 0.05) is 16.7 Å². The first kappa shape index (κ1) is 14.9. The van der Waals surface area contributed by atoms with Crippen LogP contribution in [0.4, 0.5) is 8.78 Å². The Bertz CT molecular complexity index is 427. The molecular formula is C12H15F2NO2S. The second-order valence-electron chi connectivity index (χ2n) is 4.10. The molecule has 1 aromatic rings. The number of hydrogen-bond donors (Lipinski definition) is 2. The molecule has 0 aromatic heterocycles. The van der Waals surface area contributed by atoms with Crippen molar-refractivity contribution in [3.05, 3.63) is 29.8 Å². The summed E-state index contributed by atoms with van der Waals surface area (Å²) in [6, 6.07) is 2.84. The molecule has 0 aliphatic rings. The fourth-order valence-corrected chi connectivity index (χ4v) is 2.29. The molecule has 1 atom stereocenters. The van der Waals surface area contributed by atoms with Crippen LogP contribution in [0.2, 0.25) is 0 Å². The van der Waals surface area contributed by atoms with Crippen molar-refractivity contribution in [1.82, 2.24) is 5.32 Å². The van der Waals surface area contributed by atoms with Crippen LogP contribution in [-0.2, 0) is 4.79 Å². The van der Waals surface area contributed by atoms with E-state index in [2.05, 4.69) is 5.32 Å². The molecule has 0 heterocycles. The van der Waals surface area contributed by atoms with Gasteiger partial charge in [-0.1, -0.05) is 13.8 Å². The maximum atomic E-state index is 13.0. The van der Waals surface area contributed by atoms with Gasteiger partial charge in [0.25, 0.3) is 0 Å². The summed E-state index contributed by atoms with van der Waals surface area (Å²) in [6.45, 7) is 3.69. The minimum absolute atomic E-state index is 0.0386. The Morgan fingerprint density at radius 3 is 2.56 bits per heavy atom. The number of thioether (sulfide) groups is 1. The summed E-state index contributed by atoms with van der Waals surface area (Å²) in [7, 11) is 0. The summed E-state index contributed by atoms with van der Waals surface area (Å²) in [4.78, 5) is 11.5. The summed E-state index contributed by atoms with van der Waals surface area (Å²) in [5.41, 5.74) is 0. The van der Waals surface area contributed by atoms with Crippen molar-refractivity contribution >= 4 is 17.7 Å². The van der Waals surface area contributed by atoms with Crippen LogP contribution in [0.3, 0.4) is 0 Å². The van der Waals surface area contributed by atoms with Crippen molar-refractivity contribution in [2.45, 2.75) is 30.8 Å². The van der Waals surface area contributed by atoms with E-state index in [4.69, 9.17) is 5.11 Å². The molecule has 6 heteroatoms. The molecule has 0 bridgehead atoms. The standard InChI is InChI=1S/C12H15F2NO2S/c1-7(2)15-11(12(16)17)6-18-8-3-4-9(13)10(14)5-8/h3-5,7,11,15H,6H2,1-2H3,(H,16,17). The summed E-state index contributed by atoms with van der Waals surface area (Å²) in [5, 5.41) is 11.9. The average Bonchev–Trinajstić information content (AvgIpc) is 2.28. The van der Waals surface area contributed by atoms with E-state index in [9.17, 15) is 13.6 Å². The van der Waals surface area contributed by atoms with E-state index >= 15 is 0 Å². The van der Waals surface area contributed by atoms with Crippen molar-refractivity contribution in [2.24, 2.45) is 0 Å². The predicted molar refractivity (Wildman–Crippen MR) is 66.8 cm³/mol. The van der Waals surface area contributed by atoms with Crippen molar-refractivity contribution in [3.63, 3.8) is 0 Å². The number of rotatable bonds is 6. The lowest BCUT2D eigenvalue weighted by Gasteiger charge is -2.16. The van der Waals surface area contributed by atoms with Crippen LogP contribution in [0.15, 0.2) is 23.1 Å². The molecule has 0 amide bonds. The van der Waals surface area contributed by atoms with Crippen LogP contribution in [0.1, 0.15) is 13.8 Å². The molecular weight excluding hydrogens is 260 g/mol. The second kappa shape index (κ2) is 6.70. The lowest BCUT2D eigenvalue weighted by Crippen LogP contribution is -2.42. The first-order valence-electron chi connectivity index (χ1n) is 5.47. The quantitative estimate of drug-likeness (QED) is 0.783. The Labute approximate surface area is 109 Å². The summed E-state index contributed by atoms with van der Waals surface area (Å²) in [5.74, 6) is -2.55. The van der Waals surface area contributed by atoms with E-state index in [-0.39, 0.29) is 11.8 Å². The van der Waals surface area contributed by atoms with Crippen molar-refractivity contribution in [3.8, 4) is 0 Å².